The van der Waals surface area contributed by atoms with Gasteiger partial charge in [0, 0.05) is 32.1 Å². The second-order valence-corrected chi connectivity index (χ2v) is 8.33. The molecular formula is C22H27ClN2O3. The van der Waals surface area contributed by atoms with E-state index in [0.29, 0.717) is 11.6 Å². The van der Waals surface area contributed by atoms with Crippen molar-refractivity contribution in [3.63, 3.8) is 0 Å². The Kier molecular flexibility index (Phi) is 5.76. The molecule has 2 saturated heterocycles. The molecule has 0 bridgehead atoms. The first-order chi connectivity index (χ1) is 13.5. The fourth-order valence-corrected chi connectivity index (χ4v) is 4.50. The van der Waals surface area contributed by atoms with Crippen molar-refractivity contribution in [2.45, 2.75) is 50.9 Å². The van der Waals surface area contributed by atoms with Crippen LogP contribution in [0.4, 0.5) is 0 Å². The molecule has 2 aromatic rings. The lowest BCUT2D eigenvalue weighted by atomic mass is 9.88. The zero-order chi connectivity index (χ0) is 19.6. The lowest BCUT2D eigenvalue weighted by Gasteiger charge is -2.38. The number of nitrogens with zero attached hydrogens (tertiary/aromatic N) is 1. The molecule has 2 fully saturated rings. The van der Waals surface area contributed by atoms with Crippen LogP contribution in [0.2, 0.25) is 5.02 Å². The van der Waals surface area contributed by atoms with Crippen molar-refractivity contribution < 1.29 is 13.9 Å². The minimum Gasteiger partial charge on any atom is -0.460 e. The van der Waals surface area contributed by atoms with E-state index in [1.165, 1.54) is 0 Å². The molecule has 1 aromatic carbocycles. The molecule has 0 radical (unpaired) electrons. The number of carbonyl (C=O) groups excluding carboxylic acids is 1. The summed E-state index contributed by atoms with van der Waals surface area (Å²) in [5, 5.41) is 3.58. The minimum absolute atomic E-state index is 0.00831. The Balaban J connectivity index is 1.30. The van der Waals surface area contributed by atoms with Gasteiger partial charge in [-0.3, -0.25) is 9.69 Å². The zero-order valence-electron chi connectivity index (χ0n) is 16.2. The molecule has 0 saturated carbocycles. The molecule has 2 aliphatic heterocycles. The van der Waals surface area contributed by atoms with Gasteiger partial charge in [-0.05, 0) is 49.9 Å². The number of furan rings is 1. The molecule has 3 heterocycles. The van der Waals surface area contributed by atoms with E-state index in [0.717, 1.165) is 62.4 Å². The number of rotatable bonds is 5. The zero-order valence-corrected chi connectivity index (χ0v) is 17.0. The molecule has 150 valence electrons. The van der Waals surface area contributed by atoms with Gasteiger partial charge in [-0.15, -0.1) is 0 Å². The van der Waals surface area contributed by atoms with Gasteiger partial charge < -0.3 is 14.5 Å². The second kappa shape index (κ2) is 8.27. The van der Waals surface area contributed by atoms with Crippen LogP contribution in [0.15, 0.2) is 40.8 Å². The van der Waals surface area contributed by atoms with Gasteiger partial charge in [0.05, 0.1) is 23.3 Å². The normalized spacial score (nSPS) is 21.9. The van der Waals surface area contributed by atoms with Gasteiger partial charge in [-0.1, -0.05) is 23.7 Å². The first-order valence-corrected chi connectivity index (χ1v) is 10.4. The van der Waals surface area contributed by atoms with Gasteiger partial charge >= 0.3 is 0 Å². The molecule has 1 aromatic heterocycles. The predicted octanol–water partition coefficient (Wildman–Crippen LogP) is 4.25. The summed E-state index contributed by atoms with van der Waals surface area (Å²) in [5.74, 6) is 1.78. The molecule has 6 heteroatoms. The van der Waals surface area contributed by atoms with Crippen molar-refractivity contribution >= 4 is 17.5 Å². The van der Waals surface area contributed by atoms with Crippen molar-refractivity contribution in [1.29, 1.82) is 0 Å². The fourth-order valence-electron chi connectivity index (χ4n) is 4.27. The van der Waals surface area contributed by atoms with Crippen LogP contribution in [0.25, 0.3) is 11.3 Å². The first-order valence-electron chi connectivity index (χ1n) is 10.0. The topological polar surface area (TPSA) is 54.7 Å². The van der Waals surface area contributed by atoms with Gasteiger partial charge in [-0.2, -0.15) is 0 Å². The third kappa shape index (κ3) is 4.43. The Hall–Kier alpha value is -1.82. The average molecular weight is 403 g/mol. The second-order valence-electron chi connectivity index (χ2n) is 7.92. The molecule has 1 amide bonds. The number of carbonyl (C=O) groups is 1. The van der Waals surface area contributed by atoms with Gasteiger partial charge in [0.2, 0.25) is 5.91 Å². The van der Waals surface area contributed by atoms with Crippen LogP contribution in [0.3, 0.4) is 0 Å². The number of likely N-dealkylation sites (tertiary alicyclic amines) is 1. The van der Waals surface area contributed by atoms with Crippen LogP contribution in [-0.4, -0.2) is 42.1 Å². The average Bonchev–Trinajstić information content (AvgIpc) is 3.30. The summed E-state index contributed by atoms with van der Waals surface area (Å²) in [6.07, 6.45) is 4.32. The predicted molar refractivity (Wildman–Crippen MR) is 109 cm³/mol. The summed E-state index contributed by atoms with van der Waals surface area (Å²) in [4.78, 5) is 13.5. The molecular weight excluding hydrogens is 376 g/mol. The lowest BCUT2D eigenvalue weighted by molar-refractivity contribution is -0.120. The van der Waals surface area contributed by atoms with Crippen molar-refractivity contribution in [2.75, 3.05) is 19.6 Å². The van der Waals surface area contributed by atoms with E-state index in [2.05, 4.69) is 10.2 Å². The van der Waals surface area contributed by atoms with E-state index in [4.69, 9.17) is 20.8 Å². The van der Waals surface area contributed by atoms with E-state index < -0.39 is 0 Å². The van der Waals surface area contributed by atoms with Crippen molar-refractivity contribution in [3.8, 4) is 11.3 Å². The van der Waals surface area contributed by atoms with E-state index >= 15 is 0 Å². The molecule has 5 nitrogen and oxygen atoms in total. The van der Waals surface area contributed by atoms with Gasteiger partial charge in [0.25, 0.3) is 0 Å². The summed E-state index contributed by atoms with van der Waals surface area (Å²) in [5.41, 5.74) is 0.920. The maximum Gasteiger partial charge on any atom is 0.216 e. The molecule has 1 spiro atoms. The first kappa shape index (κ1) is 19.5. The maximum atomic E-state index is 11.1. The Bertz CT molecular complexity index is 827. The molecule has 1 N–H and O–H groups in total. The number of hydrogen-bond donors (Lipinski definition) is 1. The van der Waals surface area contributed by atoms with Crippen LogP contribution in [0.5, 0.6) is 0 Å². The third-order valence-electron chi connectivity index (χ3n) is 5.86. The molecule has 0 aliphatic carbocycles. The number of benzene rings is 1. The highest BCUT2D eigenvalue weighted by Crippen LogP contribution is 2.39. The summed E-state index contributed by atoms with van der Waals surface area (Å²) in [6, 6.07) is 11.8. The summed E-state index contributed by atoms with van der Waals surface area (Å²) in [7, 11) is 0. The molecule has 1 unspecified atom stereocenters. The molecule has 2 aliphatic rings. The maximum absolute atomic E-state index is 11.1. The Morgan fingerprint density at radius 2 is 2.00 bits per heavy atom. The molecule has 1 atom stereocenters. The lowest BCUT2D eigenvalue weighted by Crippen LogP contribution is -2.44. The minimum atomic E-state index is -0.00841. The summed E-state index contributed by atoms with van der Waals surface area (Å²) < 4.78 is 12.4. The standard InChI is InChI=1S/C22H27ClN2O3/c1-16(26)24-14-17-8-9-22(28-17)10-12-25(13-11-22)15-18-6-7-21(27-18)19-4-2-3-5-20(19)23/h2-7,17H,8-15H2,1H3,(H,24,26). The van der Waals surface area contributed by atoms with Crippen LogP contribution >= 0.6 is 11.6 Å². The van der Waals surface area contributed by atoms with Crippen LogP contribution in [0.1, 0.15) is 38.4 Å². The molecule has 4 rings (SSSR count). The number of nitrogens with one attached hydrogen (secondary N) is 1. The number of amides is 1. The Morgan fingerprint density at radius 3 is 2.75 bits per heavy atom. The van der Waals surface area contributed by atoms with E-state index in [1.54, 1.807) is 6.92 Å². The number of ether oxygens (including phenoxy) is 1. The van der Waals surface area contributed by atoms with E-state index in [9.17, 15) is 4.79 Å². The van der Waals surface area contributed by atoms with Crippen molar-refractivity contribution in [3.05, 3.63) is 47.2 Å². The highest BCUT2D eigenvalue weighted by atomic mass is 35.5. The quantitative estimate of drug-likeness (QED) is 0.812. The van der Waals surface area contributed by atoms with Crippen molar-refractivity contribution in [2.24, 2.45) is 0 Å². The monoisotopic (exact) mass is 402 g/mol. The number of hydrogen-bond acceptors (Lipinski definition) is 4. The summed E-state index contributed by atoms with van der Waals surface area (Å²) >= 11 is 6.27. The van der Waals surface area contributed by atoms with Crippen LogP contribution in [-0.2, 0) is 16.1 Å². The summed E-state index contributed by atoms with van der Waals surface area (Å²) in [6.45, 7) is 4.97. The Morgan fingerprint density at radius 1 is 1.21 bits per heavy atom. The number of halogens is 1. The van der Waals surface area contributed by atoms with Crippen LogP contribution in [0, 0.1) is 0 Å². The largest absolute Gasteiger partial charge is 0.460 e. The molecule has 28 heavy (non-hydrogen) atoms. The Labute approximate surface area is 171 Å². The van der Waals surface area contributed by atoms with Crippen LogP contribution < -0.4 is 5.32 Å². The van der Waals surface area contributed by atoms with Crippen molar-refractivity contribution in [1.82, 2.24) is 10.2 Å². The third-order valence-corrected chi connectivity index (χ3v) is 6.19. The van der Waals surface area contributed by atoms with Gasteiger partial charge in [0.1, 0.15) is 11.5 Å². The van der Waals surface area contributed by atoms with Gasteiger partial charge in [-0.25, -0.2) is 0 Å². The van der Waals surface area contributed by atoms with E-state index in [-0.39, 0.29) is 17.6 Å². The highest BCUT2D eigenvalue weighted by molar-refractivity contribution is 6.33. The highest BCUT2D eigenvalue weighted by Gasteiger charge is 2.42. The SMILES string of the molecule is CC(=O)NCC1CCC2(CCN(Cc3ccc(-c4ccccc4Cl)o3)CC2)O1. The smallest absolute Gasteiger partial charge is 0.216 e. The van der Waals surface area contributed by atoms with E-state index in [1.807, 2.05) is 36.4 Å². The number of piperidine rings is 1. The fraction of sp³-hybridized carbons (Fsp3) is 0.500. The van der Waals surface area contributed by atoms with Gasteiger partial charge in [0.15, 0.2) is 0 Å².